The summed E-state index contributed by atoms with van der Waals surface area (Å²) in [6.45, 7) is 9.63. The van der Waals surface area contributed by atoms with Crippen molar-refractivity contribution < 1.29 is 29.3 Å². The number of hydrogen-bond donors (Lipinski definition) is 4. The zero-order chi connectivity index (χ0) is 27.9. The van der Waals surface area contributed by atoms with Gasteiger partial charge in [0.15, 0.2) is 0 Å². The average molecular weight is 534 g/mol. The summed E-state index contributed by atoms with van der Waals surface area (Å²) in [6, 6.07) is 8.83. The number of benzene rings is 2. The Kier molecular flexibility index (Phi) is 10.3. The third kappa shape index (κ3) is 8.10. The van der Waals surface area contributed by atoms with Gasteiger partial charge in [-0.1, -0.05) is 55.8 Å². The number of para-hydroxylation sites is 2. The quantitative estimate of drug-likeness (QED) is 0.378. The molecular formula is C27H36ClN3O6. The first-order chi connectivity index (χ1) is 17.3. The molecule has 2 unspecified atom stereocenters. The lowest BCUT2D eigenvalue weighted by Crippen LogP contribution is -2.55. The number of hydrogen-bond acceptors (Lipinski definition) is 6. The minimum Gasteiger partial charge on any atom is -0.508 e. The standard InChI is InChI=1S/C27H36ClN3O6/c1-16(2)21(30-26(36)37-27(4,5)6)25(35)31(14-15-32)23(18-11-7-8-13-20(18)33)24(34)29-22-17(3)10-9-12-19(22)28/h7-13,16,21,23,32-33H,14-15H2,1-6H3,(H,29,34)(H,30,36). The fourth-order valence-corrected chi connectivity index (χ4v) is 4.02. The number of aromatic hydroxyl groups is 1. The maximum absolute atomic E-state index is 13.8. The second-order valence-corrected chi connectivity index (χ2v) is 10.4. The Morgan fingerprint density at radius 1 is 1.08 bits per heavy atom. The maximum Gasteiger partial charge on any atom is 0.408 e. The minimum atomic E-state index is -1.35. The van der Waals surface area contributed by atoms with Gasteiger partial charge in [-0.15, -0.1) is 0 Å². The van der Waals surface area contributed by atoms with Crippen LogP contribution < -0.4 is 10.6 Å². The third-order valence-corrected chi connectivity index (χ3v) is 5.81. The summed E-state index contributed by atoms with van der Waals surface area (Å²) in [7, 11) is 0. The van der Waals surface area contributed by atoms with Crippen LogP contribution in [0.5, 0.6) is 5.75 Å². The topological polar surface area (TPSA) is 128 Å². The van der Waals surface area contributed by atoms with Crippen LogP contribution >= 0.6 is 11.6 Å². The van der Waals surface area contributed by atoms with E-state index in [1.165, 1.54) is 12.1 Å². The largest absolute Gasteiger partial charge is 0.508 e. The Balaban J connectivity index is 2.54. The zero-order valence-corrected chi connectivity index (χ0v) is 22.8. The molecule has 0 aliphatic heterocycles. The van der Waals surface area contributed by atoms with E-state index in [0.29, 0.717) is 16.3 Å². The normalized spacial score (nSPS) is 13.0. The molecule has 0 aliphatic carbocycles. The first-order valence-corrected chi connectivity index (χ1v) is 12.4. The number of alkyl carbamates (subject to hydrolysis) is 1. The molecule has 0 radical (unpaired) electrons. The number of phenols is 1. The number of halogens is 1. The number of aliphatic hydroxyl groups is 1. The van der Waals surface area contributed by atoms with Crippen LogP contribution in [-0.2, 0) is 14.3 Å². The second-order valence-electron chi connectivity index (χ2n) is 10.0. The van der Waals surface area contributed by atoms with Gasteiger partial charge >= 0.3 is 6.09 Å². The van der Waals surface area contributed by atoms with Gasteiger partial charge in [-0.25, -0.2) is 4.79 Å². The molecule has 202 valence electrons. The van der Waals surface area contributed by atoms with Crippen molar-refractivity contribution in [1.82, 2.24) is 10.2 Å². The van der Waals surface area contributed by atoms with Gasteiger partial charge in [0.05, 0.1) is 17.3 Å². The highest BCUT2D eigenvalue weighted by Gasteiger charge is 2.38. The highest BCUT2D eigenvalue weighted by Crippen LogP contribution is 2.33. The number of amides is 3. The predicted molar refractivity (Wildman–Crippen MR) is 142 cm³/mol. The van der Waals surface area contributed by atoms with Crippen LogP contribution in [0.4, 0.5) is 10.5 Å². The summed E-state index contributed by atoms with van der Waals surface area (Å²) in [5.74, 6) is -1.89. The molecule has 37 heavy (non-hydrogen) atoms. The molecule has 0 heterocycles. The number of aliphatic hydroxyl groups excluding tert-OH is 1. The number of phenolic OH excluding ortho intramolecular Hbond substituents is 1. The Morgan fingerprint density at radius 2 is 1.73 bits per heavy atom. The van der Waals surface area contributed by atoms with Crippen LogP contribution in [0.2, 0.25) is 5.02 Å². The van der Waals surface area contributed by atoms with Gasteiger partial charge in [-0.05, 0) is 51.3 Å². The molecule has 2 aromatic rings. The Bertz CT molecular complexity index is 1100. The van der Waals surface area contributed by atoms with E-state index >= 15 is 0 Å². The highest BCUT2D eigenvalue weighted by atomic mass is 35.5. The number of carbonyl (C=O) groups is 3. The van der Waals surface area contributed by atoms with E-state index in [4.69, 9.17) is 16.3 Å². The third-order valence-electron chi connectivity index (χ3n) is 5.49. The summed E-state index contributed by atoms with van der Waals surface area (Å²) in [4.78, 5) is 41.2. The van der Waals surface area contributed by atoms with Crippen molar-refractivity contribution in [3.8, 4) is 5.75 Å². The van der Waals surface area contributed by atoms with Crippen molar-refractivity contribution in [2.45, 2.75) is 59.2 Å². The molecular weight excluding hydrogens is 498 g/mol. The van der Waals surface area contributed by atoms with E-state index < -0.39 is 42.2 Å². The molecule has 10 heteroatoms. The first-order valence-electron chi connectivity index (χ1n) is 12.0. The van der Waals surface area contributed by atoms with Gasteiger partial charge in [0.25, 0.3) is 5.91 Å². The Morgan fingerprint density at radius 3 is 2.27 bits per heavy atom. The molecule has 2 aromatic carbocycles. The summed E-state index contributed by atoms with van der Waals surface area (Å²) in [5.41, 5.74) is 0.415. The van der Waals surface area contributed by atoms with Crippen molar-refractivity contribution in [1.29, 1.82) is 0 Å². The van der Waals surface area contributed by atoms with Crippen LogP contribution in [0.1, 0.15) is 51.8 Å². The molecule has 0 aromatic heterocycles. The number of rotatable bonds is 9. The fraction of sp³-hybridized carbons (Fsp3) is 0.444. The van der Waals surface area contributed by atoms with Crippen molar-refractivity contribution >= 4 is 35.2 Å². The van der Waals surface area contributed by atoms with E-state index in [9.17, 15) is 24.6 Å². The smallest absolute Gasteiger partial charge is 0.408 e. The van der Waals surface area contributed by atoms with Crippen LogP contribution in [0.25, 0.3) is 0 Å². The number of ether oxygens (including phenoxy) is 1. The van der Waals surface area contributed by atoms with Gasteiger partial charge in [0.1, 0.15) is 23.4 Å². The molecule has 0 saturated heterocycles. The second kappa shape index (κ2) is 12.8. The summed E-state index contributed by atoms with van der Waals surface area (Å²) in [6.07, 6.45) is -0.793. The minimum absolute atomic E-state index is 0.145. The average Bonchev–Trinajstić information content (AvgIpc) is 2.79. The zero-order valence-electron chi connectivity index (χ0n) is 22.0. The molecule has 0 aliphatic rings. The van der Waals surface area contributed by atoms with Gasteiger partial charge in [-0.3, -0.25) is 9.59 Å². The molecule has 4 N–H and O–H groups in total. The monoisotopic (exact) mass is 533 g/mol. The van der Waals surface area contributed by atoms with Crippen molar-refractivity contribution in [3.63, 3.8) is 0 Å². The number of nitrogens with one attached hydrogen (secondary N) is 2. The van der Waals surface area contributed by atoms with E-state index in [1.54, 1.807) is 71.9 Å². The summed E-state index contributed by atoms with van der Waals surface area (Å²) in [5, 5.41) is 26.1. The Hall–Kier alpha value is -3.30. The van der Waals surface area contributed by atoms with Gasteiger partial charge < -0.3 is 30.5 Å². The number of anilines is 1. The molecule has 2 rings (SSSR count). The summed E-state index contributed by atoms with van der Waals surface area (Å²) < 4.78 is 5.32. The van der Waals surface area contributed by atoms with Crippen LogP contribution in [0, 0.1) is 12.8 Å². The van der Waals surface area contributed by atoms with E-state index in [0.717, 1.165) is 4.90 Å². The van der Waals surface area contributed by atoms with E-state index in [-0.39, 0.29) is 23.8 Å². The lowest BCUT2D eigenvalue weighted by atomic mass is 9.98. The molecule has 0 spiro atoms. The van der Waals surface area contributed by atoms with Crippen molar-refractivity contribution in [2.24, 2.45) is 5.92 Å². The fourth-order valence-electron chi connectivity index (χ4n) is 3.75. The SMILES string of the molecule is Cc1cccc(Cl)c1NC(=O)C(c1ccccc1O)N(CCO)C(=O)C(NC(=O)OC(C)(C)C)C(C)C. The molecule has 9 nitrogen and oxygen atoms in total. The predicted octanol–water partition coefficient (Wildman–Crippen LogP) is 4.40. The Labute approximate surface area is 222 Å². The van der Waals surface area contributed by atoms with Crippen molar-refractivity contribution in [2.75, 3.05) is 18.5 Å². The number of carbonyl (C=O) groups excluding carboxylic acids is 3. The molecule has 3 amide bonds. The van der Waals surface area contributed by atoms with Crippen LogP contribution in [0.3, 0.4) is 0 Å². The van der Waals surface area contributed by atoms with Crippen LogP contribution in [-0.4, -0.2) is 57.8 Å². The van der Waals surface area contributed by atoms with E-state index in [2.05, 4.69) is 10.6 Å². The first kappa shape index (κ1) is 29.9. The molecule has 0 saturated carbocycles. The van der Waals surface area contributed by atoms with Gasteiger partial charge in [-0.2, -0.15) is 0 Å². The van der Waals surface area contributed by atoms with E-state index in [1.807, 2.05) is 0 Å². The lowest BCUT2D eigenvalue weighted by Gasteiger charge is -2.35. The number of nitrogens with zero attached hydrogens (tertiary/aromatic N) is 1. The van der Waals surface area contributed by atoms with Gasteiger partial charge in [0.2, 0.25) is 5.91 Å². The highest BCUT2D eigenvalue weighted by molar-refractivity contribution is 6.34. The van der Waals surface area contributed by atoms with Gasteiger partial charge in [0, 0.05) is 12.1 Å². The summed E-state index contributed by atoms with van der Waals surface area (Å²) >= 11 is 6.31. The van der Waals surface area contributed by atoms with Crippen molar-refractivity contribution in [3.05, 3.63) is 58.6 Å². The molecule has 2 atom stereocenters. The molecule has 0 fully saturated rings. The van der Waals surface area contributed by atoms with Crippen LogP contribution in [0.15, 0.2) is 42.5 Å². The number of aryl methyl sites for hydroxylation is 1. The lowest BCUT2D eigenvalue weighted by molar-refractivity contribution is -0.142. The molecule has 0 bridgehead atoms. The maximum atomic E-state index is 13.8.